The summed E-state index contributed by atoms with van der Waals surface area (Å²) in [6, 6.07) is 18.9. The zero-order chi connectivity index (χ0) is 15.1. The molecule has 1 aliphatic rings. The van der Waals surface area contributed by atoms with Crippen LogP contribution in [0.5, 0.6) is 5.75 Å². The summed E-state index contributed by atoms with van der Waals surface area (Å²) in [5, 5.41) is 11.6. The third kappa shape index (κ3) is 1.79. The number of rotatable bonds is 1. The first kappa shape index (κ1) is 12.9. The van der Waals surface area contributed by atoms with Gasteiger partial charge < -0.3 is 4.74 Å². The molecule has 0 unspecified atom stereocenters. The molecule has 0 saturated carbocycles. The first-order valence-corrected chi connectivity index (χ1v) is 7.44. The van der Waals surface area contributed by atoms with Crippen LogP contribution >= 0.6 is 0 Å². The Morgan fingerprint density at radius 1 is 0.955 bits per heavy atom. The van der Waals surface area contributed by atoms with E-state index in [-0.39, 0.29) is 0 Å². The number of hydrogen-bond donors (Lipinski definition) is 0. The van der Waals surface area contributed by atoms with Crippen molar-refractivity contribution in [3.8, 4) is 22.9 Å². The van der Waals surface area contributed by atoms with Crippen molar-refractivity contribution in [3.05, 3.63) is 65.2 Å². The average Bonchev–Trinajstić information content (AvgIpc) is 2.59. The zero-order valence-electron chi connectivity index (χ0n) is 12.4. The summed E-state index contributed by atoms with van der Waals surface area (Å²) in [6.45, 7) is 0. The van der Waals surface area contributed by atoms with Crippen molar-refractivity contribution in [2.75, 3.05) is 7.11 Å². The summed E-state index contributed by atoms with van der Waals surface area (Å²) in [6.07, 6.45) is 1.99. The molecule has 0 heterocycles. The van der Waals surface area contributed by atoms with Crippen LogP contribution in [-0.2, 0) is 12.8 Å². The number of methoxy groups -OCH3 is 1. The predicted molar refractivity (Wildman–Crippen MR) is 88.1 cm³/mol. The molecule has 4 rings (SSSR count). The normalized spacial score (nSPS) is 12.4. The van der Waals surface area contributed by atoms with Crippen molar-refractivity contribution < 1.29 is 4.74 Å². The van der Waals surface area contributed by atoms with Gasteiger partial charge in [-0.1, -0.05) is 30.3 Å². The number of ether oxygens (including phenoxy) is 1. The van der Waals surface area contributed by atoms with Gasteiger partial charge in [0.2, 0.25) is 0 Å². The molecule has 0 spiro atoms. The number of aryl methyl sites for hydroxylation is 2. The van der Waals surface area contributed by atoms with Crippen LogP contribution in [0.3, 0.4) is 0 Å². The highest BCUT2D eigenvalue weighted by atomic mass is 16.5. The first-order valence-electron chi connectivity index (χ1n) is 7.44. The molecular formula is C20H15NO. The largest absolute Gasteiger partial charge is 0.497 e. The van der Waals surface area contributed by atoms with E-state index in [0.29, 0.717) is 0 Å². The Morgan fingerprint density at radius 2 is 1.73 bits per heavy atom. The molecule has 0 atom stereocenters. The molecule has 0 saturated heterocycles. The lowest BCUT2D eigenvalue weighted by molar-refractivity contribution is 0.415. The van der Waals surface area contributed by atoms with Crippen molar-refractivity contribution >= 4 is 10.8 Å². The topological polar surface area (TPSA) is 33.0 Å². The van der Waals surface area contributed by atoms with Crippen LogP contribution < -0.4 is 4.74 Å². The van der Waals surface area contributed by atoms with Crippen LogP contribution in [0.4, 0.5) is 0 Å². The van der Waals surface area contributed by atoms with Gasteiger partial charge in [-0.15, -0.1) is 0 Å². The van der Waals surface area contributed by atoms with E-state index in [2.05, 4.69) is 30.3 Å². The summed E-state index contributed by atoms with van der Waals surface area (Å²) in [4.78, 5) is 0. The van der Waals surface area contributed by atoms with Crippen molar-refractivity contribution in [1.29, 1.82) is 5.26 Å². The maximum Gasteiger partial charge on any atom is 0.119 e. The minimum absolute atomic E-state index is 0.765. The number of nitrogens with zero attached hydrogens (tertiary/aromatic N) is 1. The van der Waals surface area contributed by atoms with E-state index in [4.69, 9.17) is 4.74 Å². The second-order valence-corrected chi connectivity index (χ2v) is 5.64. The SMILES string of the molecule is COc1ccc2c(c1)-c1c(cc(C#N)c3ccccc13)CC2. The van der Waals surface area contributed by atoms with Gasteiger partial charge in [-0.25, -0.2) is 0 Å². The van der Waals surface area contributed by atoms with Gasteiger partial charge in [0.25, 0.3) is 0 Å². The summed E-state index contributed by atoms with van der Waals surface area (Å²) in [7, 11) is 1.70. The summed E-state index contributed by atoms with van der Waals surface area (Å²) < 4.78 is 5.40. The average molecular weight is 285 g/mol. The lowest BCUT2D eigenvalue weighted by Gasteiger charge is -2.23. The fourth-order valence-electron chi connectivity index (χ4n) is 3.44. The number of hydrogen-bond acceptors (Lipinski definition) is 2. The Bertz CT molecular complexity index is 934. The zero-order valence-corrected chi connectivity index (χ0v) is 12.4. The molecule has 106 valence electrons. The Kier molecular flexibility index (Phi) is 2.87. The van der Waals surface area contributed by atoms with Crippen LogP contribution in [0.25, 0.3) is 21.9 Å². The van der Waals surface area contributed by atoms with Gasteiger partial charge in [0.1, 0.15) is 5.75 Å². The third-order valence-corrected chi connectivity index (χ3v) is 4.50. The molecular weight excluding hydrogens is 270 g/mol. The fraction of sp³-hybridized carbons (Fsp3) is 0.150. The van der Waals surface area contributed by atoms with E-state index in [9.17, 15) is 5.26 Å². The third-order valence-electron chi connectivity index (χ3n) is 4.50. The van der Waals surface area contributed by atoms with Crippen molar-refractivity contribution in [3.63, 3.8) is 0 Å². The van der Waals surface area contributed by atoms with Crippen LogP contribution in [-0.4, -0.2) is 7.11 Å². The van der Waals surface area contributed by atoms with E-state index in [1.165, 1.54) is 22.3 Å². The molecule has 2 nitrogen and oxygen atoms in total. The Hall–Kier alpha value is -2.79. The molecule has 0 bridgehead atoms. The lowest BCUT2D eigenvalue weighted by atomic mass is 9.81. The van der Waals surface area contributed by atoms with E-state index in [1.807, 2.05) is 24.3 Å². The summed E-state index contributed by atoms with van der Waals surface area (Å²) >= 11 is 0. The van der Waals surface area contributed by atoms with Crippen LogP contribution in [0, 0.1) is 11.3 Å². The number of benzene rings is 3. The Labute approximate surface area is 129 Å². The fourth-order valence-corrected chi connectivity index (χ4v) is 3.44. The van der Waals surface area contributed by atoms with Gasteiger partial charge in [-0.05, 0) is 58.7 Å². The second-order valence-electron chi connectivity index (χ2n) is 5.64. The highest BCUT2D eigenvalue weighted by Crippen LogP contribution is 2.41. The molecule has 0 fully saturated rings. The number of nitriles is 1. The monoisotopic (exact) mass is 285 g/mol. The quantitative estimate of drug-likeness (QED) is 0.660. The summed E-state index contributed by atoms with van der Waals surface area (Å²) in [5.74, 6) is 0.875. The van der Waals surface area contributed by atoms with E-state index in [0.717, 1.165) is 34.9 Å². The van der Waals surface area contributed by atoms with Crippen molar-refractivity contribution in [2.45, 2.75) is 12.8 Å². The van der Waals surface area contributed by atoms with Crippen LogP contribution in [0.2, 0.25) is 0 Å². The maximum absolute atomic E-state index is 9.44. The smallest absolute Gasteiger partial charge is 0.119 e. The molecule has 0 N–H and O–H groups in total. The standard InChI is InChI=1S/C20H15NO/c1-22-16-9-8-13-6-7-14-10-15(12-21)17-4-2-3-5-18(17)20(14)19(13)11-16/h2-5,8-11H,6-7H2,1H3. The van der Waals surface area contributed by atoms with Crippen LogP contribution in [0.15, 0.2) is 48.5 Å². The lowest BCUT2D eigenvalue weighted by Crippen LogP contribution is -2.05. The van der Waals surface area contributed by atoms with Gasteiger partial charge in [-0.2, -0.15) is 5.26 Å². The Morgan fingerprint density at radius 3 is 2.50 bits per heavy atom. The first-order chi connectivity index (χ1) is 10.8. The van der Waals surface area contributed by atoms with Gasteiger partial charge >= 0.3 is 0 Å². The Balaban J connectivity index is 2.12. The maximum atomic E-state index is 9.44. The molecule has 3 aromatic carbocycles. The second kappa shape index (κ2) is 4.89. The number of fused-ring (bicyclic) bond motifs is 5. The van der Waals surface area contributed by atoms with E-state index in [1.54, 1.807) is 7.11 Å². The van der Waals surface area contributed by atoms with Crippen molar-refractivity contribution in [1.82, 2.24) is 0 Å². The van der Waals surface area contributed by atoms with E-state index < -0.39 is 0 Å². The van der Waals surface area contributed by atoms with Crippen LogP contribution in [0.1, 0.15) is 16.7 Å². The van der Waals surface area contributed by atoms with Gasteiger partial charge in [0.15, 0.2) is 0 Å². The van der Waals surface area contributed by atoms with Gasteiger partial charge in [-0.3, -0.25) is 0 Å². The van der Waals surface area contributed by atoms with Crippen molar-refractivity contribution in [2.24, 2.45) is 0 Å². The molecule has 2 heteroatoms. The molecule has 3 aromatic rings. The molecule has 22 heavy (non-hydrogen) atoms. The molecule has 1 aliphatic carbocycles. The molecule has 0 aromatic heterocycles. The highest BCUT2D eigenvalue weighted by molar-refractivity contribution is 6.02. The molecule has 0 radical (unpaired) electrons. The van der Waals surface area contributed by atoms with Gasteiger partial charge in [0, 0.05) is 5.39 Å². The minimum atomic E-state index is 0.765. The van der Waals surface area contributed by atoms with E-state index >= 15 is 0 Å². The minimum Gasteiger partial charge on any atom is -0.497 e. The van der Waals surface area contributed by atoms with Gasteiger partial charge in [0.05, 0.1) is 18.7 Å². The highest BCUT2D eigenvalue weighted by Gasteiger charge is 2.20. The molecule has 0 aliphatic heterocycles. The molecule has 0 amide bonds. The summed E-state index contributed by atoms with van der Waals surface area (Å²) in [5.41, 5.74) is 5.87. The predicted octanol–water partition coefficient (Wildman–Crippen LogP) is 4.49.